The molecule has 1 aliphatic rings. The van der Waals surface area contributed by atoms with Crippen LogP contribution < -0.4 is 5.32 Å². The molecule has 2 rings (SSSR count). The molecular weight excluding hydrogens is 198 g/mol. The Bertz CT molecular complexity index is 321. The number of methoxy groups -OCH3 is 1. The summed E-state index contributed by atoms with van der Waals surface area (Å²) >= 11 is 5.97. The highest BCUT2D eigenvalue weighted by molar-refractivity contribution is 6.30. The molecule has 1 unspecified atom stereocenters. The van der Waals surface area contributed by atoms with E-state index in [1.165, 1.54) is 0 Å². The van der Waals surface area contributed by atoms with Crippen molar-refractivity contribution in [3.05, 3.63) is 34.9 Å². The third-order valence-corrected chi connectivity index (χ3v) is 3.09. The van der Waals surface area contributed by atoms with Crippen LogP contribution in [-0.4, -0.2) is 20.2 Å². The molecule has 1 fully saturated rings. The molecule has 0 bridgehead atoms. The highest BCUT2D eigenvalue weighted by atomic mass is 35.5. The van der Waals surface area contributed by atoms with Crippen LogP contribution in [0.3, 0.4) is 0 Å². The van der Waals surface area contributed by atoms with E-state index in [9.17, 15) is 0 Å². The molecule has 1 aromatic rings. The molecule has 0 amide bonds. The number of rotatable bonds is 2. The van der Waals surface area contributed by atoms with E-state index in [-0.39, 0.29) is 5.60 Å². The maximum absolute atomic E-state index is 5.97. The fraction of sp³-hybridized carbons (Fsp3) is 0.455. The summed E-state index contributed by atoms with van der Waals surface area (Å²) in [6.07, 6.45) is 1.00. The van der Waals surface area contributed by atoms with Crippen molar-refractivity contribution < 1.29 is 4.74 Å². The van der Waals surface area contributed by atoms with Crippen molar-refractivity contribution in [3.8, 4) is 0 Å². The van der Waals surface area contributed by atoms with E-state index in [4.69, 9.17) is 16.3 Å². The quantitative estimate of drug-likeness (QED) is 0.810. The molecule has 1 aromatic carbocycles. The van der Waals surface area contributed by atoms with E-state index in [0.29, 0.717) is 0 Å². The minimum atomic E-state index is -0.176. The van der Waals surface area contributed by atoms with E-state index in [1.54, 1.807) is 7.11 Å². The first-order valence-electron chi connectivity index (χ1n) is 4.79. The summed E-state index contributed by atoms with van der Waals surface area (Å²) in [6, 6.07) is 7.91. The maximum Gasteiger partial charge on any atom is 0.106 e. The highest BCUT2D eigenvalue weighted by Crippen LogP contribution is 2.32. The normalized spacial score (nSPS) is 26.7. The second kappa shape index (κ2) is 3.89. The van der Waals surface area contributed by atoms with Gasteiger partial charge in [-0.1, -0.05) is 23.7 Å². The minimum absolute atomic E-state index is 0.176. The Balaban J connectivity index is 2.35. The van der Waals surface area contributed by atoms with E-state index in [1.807, 2.05) is 18.2 Å². The fourth-order valence-electron chi connectivity index (χ4n) is 1.98. The lowest BCUT2D eigenvalue weighted by Gasteiger charge is -2.27. The Labute approximate surface area is 89.2 Å². The zero-order valence-electron chi connectivity index (χ0n) is 8.22. The summed E-state index contributed by atoms with van der Waals surface area (Å²) in [5, 5.41) is 4.08. The average Bonchev–Trinajstić information content (AvgIpc) is 2.67. The van der Waals surface area contributed by atoms with Gasteiger partial charge < -0.3 is 10.1 Å². The van der Waals surface area contributed by atoms with Gasteiger partial charge in [-0.15, -0.1) is 0 Å². The lowest BCUT2D eigenvalue weighted by Crippen LogP contribution is -2.30. The van der Waals surface area contributed by atoms with Gasteiger partial charge in [0, 0.05) is 18.7 Å². The first-order chi connectivity index (χ1) is 6.77. The SMILES string of the molecule is COC1(c2cccc(Cl)c2)CCNC1. The molecular formula is C11H14ClNO. The molecule has 0 radical (unpaired) electrons. The van der Waals surface area contributed by atoms with Crippen LogP contribution in [0.2, 0.25) is 5.02 Å². The topological polar surface area (TPSA) is 21.3 Å². The lowest BCUT2D eigenvalue weighted by atomic mass is 9.93. The molecule has 0 saturated carbocycles. The van der Waals surface area contributed by atoms with Crippen molar-refractivity contribution >= 4 is 11.6 Å². The van der Waals surface area contributed by atoms with Crippen molar-refractivity contribution in [2.75, 3.05) is 20.2 Å². The van der Waals surface area contributed by atoms with Gasteiger partial charge in [0.2, 0.25) is 0 Å². The zero-order chi connectivity index (χ0) is 10.0. The fourth-order valence-corrected chi connectivity index (χ4v) is 2.17. The largest absolute Gasteiger partial charge is 0.372 e. The minimum Gasteiger partial charge on any atom is -0.372 e. The third kappa shape index (κ3) is 1.65. The number of halogens is 1. The lowest BCUT2D eigenvalue weighted by molar-refractivity contribution is 0.00326. The van der Waals surface area contributed by atoms with Gasteiger partial charge in [-0.25, -0.2) is 0 Å². The van der Waals surface area contributed by atoms with E-state index in [2.05, 4.69) is 11.4 Å². The van der Waals surface area contributed by atoms with Crippen molar-refractivity contribution in [3.63, 3.8) is 0 Å². The number of hydrogen-bond acceptors (Lipinski definition) is 2. The van der Waals surface area contributed by atoms with Crippen LogP contribution >= 0.6 is 11.6 Å². The van der Waals surface area contributed by atoms with E-state index < -0.39 is 0 Å². The van der Waals surface area contributed by atoms with E-state index >= 15 is 0 Å². The van der Waals surface area contributed by atoms with Crippen molar-refractivity contribution in [2.45, 2.75) is 12.0 Å². The predicted octanol–water partition coefficient (Wildman–Crippen LogP) is 2.17. The van der Waals surface area contributed by atoms with Crippen LogP contribution in [0, 0.1) is 0 Å². The first kappa shape index (κ1) is 9.97. The zero-order valence-corrected chi connectivity index (χ0v) is 8.97. The Morgan fingerprint density at radius 3 is 2.93 bits per heavy atom. The second-order valence-electron chi connectivity index (χ2n) is 3.64. The second-order valence-corrected chi connectivity index (χ2v) is 4.07. The summed E-state index contributed by atoms with van der Waals surface area (Å²) in [6.45, 7) is 1.87. The van der Waals surface area contributed by atoms with Gasteiger partial charge in [-0.05, 0) is 30.7 Å². The molecule has 2 nitrogen and oxygen atoms in total. The van der Waals surface area contributed by atoms with Gasteiger partial charge in [-0.3, -0.25) is 0 Å². The molecule has 14 heavy (non-hydrogen) atoms. The third-order valence-electron chi connectivity index (χ3n) is 2.86. The Hall–Kier alpha value is -0.570. The summed E-state index contributed by atoms with van der Waals surface area (Å²) in [7, 11) is 1.76. The van der Waals surface area contributed by atoms with Crippen LogP contribution in [0.4, 0.5) is 0 Å². The summed E-state index contributed by atoms with van der Waals surface area (Å²) in [5.74, 6) is 0. The molecule has 3 heteroatoms. The molecule has 1 saturated heterocycles. The van der Waals surface area contributed by atoms with E-state index in [0.717, 1.165) is 30.1 Å². The van der Waals surface area contributed by atoms with Gasteiger partial charge in [0.1, 0.15) is 5.60 Å². The smallest absolute Gasteiger partial charge is 0.106 e. The number of benzene rings is 1. The van der Waals surface area contributed by atoms with Gasteiger partial charge >= 0.3 is 0 Å². The molecule has 1 atom stereocenters. The molecule has 1 aliphatic heterocycles. The van der Waals surface area contributed by atoms with Crippen molar-refractivity contribution in [1.82, 2.24) is 5.32 Å². The maximum atomic E-state index is 5.97. The van der Waals surface area contributed by atoms with Gasteiger partial charge in [0.15, 0.2) is 0 Å². The van der Waals surface area contributed by atoms with Crippen LogP contribution in [0.1, 0.15) is 12.0 Å². The van der Waals surface area contributed by atoms with Crippen LogP contribution in [-0.2, 0) is 10.3 Å². The average molecular weight is 212 g/mol. The Kier molecular flexibility index (Phi) is 2.77. The van der Waals surface area contributed by atoms with Gasteiger partial charge in [0.05, 0.1) is 0 Å². The Morgan fingerprint density at radius 1 is 1.50 bits per heavy atom. The molecule has 1 N–H and O–H groups in total. The van der Waals surface area contributed by atoms with Gasteiger partial charge in [0.25, 0.3) is 0 Å². The molecule has 1 heterocycles. The summed E-state index contributed by atoms with van der Waals surface area (Å²) < 4.78 is 5.62. The molecule has 76 valence electrons. The van der Waals surface area contributed by atoms with Crippen LogP contribution in [0.15, 0.2) is 24.3 Å². The summed E-state index contributed by atoms with van der Waals surface area (Å²) in [5.41, 5.74) is 0.989. The molecule has 0 aromatic heterocycles. The number of hydrogen-bond donors (Lipinski definition) is 1. The molecule has 0 aliphatic carbocycles. The number of ether oxygens (including phenoxy) is 1. The van der Waals surface area contributed by atoms with Crippen molar-refractivity contribution in [2.24, 2.45) is 0 Å². The first-order valence-corrected chi connectivity index (χ1v) is 5.16. The highest BCUT2D eigenvalue weighted by Gasteiger charge is 2.35. The monoisotopic (exact) mass is 211 g/mol. The summed E-state index contributed by atoms with van der Waals surface area (Å²) in [4.78, 5) is 0. The van der Waals surface area contributed by atoms with Gasteiger partial charge in [-0.2, -0.15) is 0 Å². The number of nitrogens with one attached hydrogen (secondary N) is 1. The predicted molar refractivity (Wildman–Crippen MR) is 57.6 cm³/mol. The van der Waals surface area contributed by atoms with Crippen LogP contribution in [0.25, 0.3) is 0 Å². The Morgan fingerprint density at radius 2 is 2.36 bits per heavy atom. The van der Waals surface area contributed by atoms with Crippen molar-refractivity contribution in [1.29, 1.82) is 0 Å². The molecule has 0 spiro atoms. The standard InChI is InChI=1S/C11H14ClNO/c1-14-11(5-6-13-8-11)9-3-2-4-10(12)7-9/h2-4,7,13H,5-6,8H2,1H3. The van der Waals surface area contributed by atoms with Crippen LogP contribution in [0.5, 0.6) is 0 Å².